The highest BCUT2D eigenvalue weighted by atomic mass is 16.6. The lowest BCUT2D eigenvalue weighted by molar-refractivity contribution is 0.0491. The molecule has 0 unspecified atom stereocenters. The molecule has 1 aliphatic heterocycles. The van der Waals surface area contributed by atoms with Gasteiger partial charge in [-0.05, 0) is 45.6 Å². The molecule has 23 heavy (non-hydrogen) atoms. The van der Waals surface area contributed by atoms with E-state index >= 15 is 0 Å². The molecule has 0 bridgehead atoms. The van der Waals surface area contributed by atoms with E-state index in [-0.39, 0.29) is 18.0 Å². The smallest absolute Gasteiger partial charge is 0.407 e. The third-order valence-electron chi connectivity index (χ3n) is 4.61. The van der Waals surface area contributed by atoms with Gasteiger partial charge >= 0.3 is 6.09 Å². The molecule has 126 valence electrons. The highest BCUT2D eigenvalue weighted by Crippen LogP contribution is 2.38. The first kappa shape index (κ1) is 15.9. The van der Waals surface area contributed by atoms with Gasteiger partial charge in [0.15, 0.2) is 0 Å². The Morgan fingerprint density at radius 3 is 2.74 bits per heavy atom. The molecule has 0 radical (unpaired) electrons. The highest BCUT2D eigenvalue weighted by Gasteiger charge is 2.45. The van der Waals surface area contributed by atoms with Crippen LogP contribution in [0.15, 0.2) is 23.0 Å². The standard InChI is InChI=1S/C17H24N2O4/c1-17(2,3)23-16(21)18-14-5-4-11-8-19(9-13(11)14)15(20)12-6-7-22-10-12/h6-7,10-11,13-14H,4-5,8-9H2,1-3H3,(H,18,21)/t11-,13-,14-/m1/s1. The molecule has 1 aliphatic carbocycles. The zero-order chi connectivity index (χ0) is 16.6. The van der Waals surface area contributed by atoms with Crippen molar-refractivity contribution >= 4 is 12.0 Å². The first-order valence-corrected chi connectivity index (χ1v) is 8.14. The summed E-state index contributed by atoms with van der Waals surface area (Å²) in [5.74, 6) is 0.758. The lowest BCUT2D eigenvalue weighted by atomic mass is 9.98. The maximum atomic E-state index is 12.4. The van der Waals surface area contributed by atoms with Crippen LogP contribution in [0.25, 0.3) is 0 Å². The summed E-state index contributed by atoms with van der Waals surface area (Å²) in [5.41, 5.74) is 0.0859. The summed E-state index contributed by atoms with van der Waals surface area (Å²) < 4.78 is 10.3. The Morgan fingerprint density at radius 1 is 1.30 bits per heavy atom. The lowest BCUT2D eigenvalue weighted by Crippen LogP contribution is -2.42. The summed E-state index contributed by atoms with van der Waals surface area (Å²) in [6, 6.07) is 1.77. The van der Waals surface area contributed by atoms with Gasteiger partial charge in [-0.2, -0.15) is 0 Å². The van der Waals surface area contributed by atoms with Crippen molar-refractivity contribution in [3.8, 4) is 0 Å². The van der Waals surface area contributed by atoms with E-state index in [2.05, 4.69) is 5.32 Å². The van der Waals surface area contributed by atoms with E-state index in [0.717, 1.165) is 19.4 Å². The Bertz CT molecular complexity index is 576. The van der Waals surface area contributed by atoms with Gasteiger partial charge in [-0.3, -0.25) is 4.79 Å². The lowest BCUT2D eigenvalue weighted by Gasteiger charge is -2.24. The van der Waals surface area contributed by atoms with Crippen LogP contribution < -0.4 is 5.32 Å². The molecule has 0 spiro atoms. The molecule has 0 aromatic carbocycles. The first-order chi connectivity index (χ1) is 10.8. The van der Waals surface area contributed by atoms with Gasteiger partial charge in [0.2, 0.25) is 0 Å². The number of carbonyl (C=O) groups excluding carboxylic acids is 2. The second kappa shape index (κ2) is 5.91. The molecule has 1 aromatic rings. The van der Waals surface area contributed by atoms with Gasteiger partial charge in [-0.25, -0.2) is 4.79 Å². The summed E-state index contributed by atoms with van der Waals surface area (Å²) in [4.78, 5) is 26.3. The minimum atomic E-state index is -0.499. The molecule has 2 heterocycles. The third kappa shape index (κ3) is 3.51. The van der Waals surface area contributed by atoms with Crippen LogP contribution in [-0.4, -0.2) is 41.6 Å². The van der Waals surface area contributed by atoms with Gasteiger partial charge in [0.1, 0.15) is 11.9 Å². The van der Waals surface area contributed by atoms with Crippen molar-refractivity contribution in [3.63, 3.8) is 0 Å². The number of ether oxygens (including phenoxy) is 1. The van der Waals surface area contributed by atoms with Crippen LogP contribution in [0.1, 0.15) is 44.0 Å². The fourth-order valence-electron chi connectivity index (χ4n) is 3.64. The molecule has 2 amide bonds. The van der Waals surface area contributed by atoms with Crippen molar-refractivity contribution in [1.29, 1.82) is 0 Å². The largest absolute Gasteiger partial charge is 0.472 e. The van der Waals surface area contributed by atoms with Crippen LogP contribution >= 0.6 is 0 Å². The van der Waals surface area contributed by atoms with Gasteiger partial charge in [0.25, 0.3) is 5.91 Å². The molecule has 3 atom stereocenters. The van der Waals surface area contributed by atoms with E-state index in [1.54, 1.807) is 6.07 Å². The number of hydrogen-bond donors (Lipinski definition) is 1. The van der Waals surface area contributed by atoms with Crippen LogP contribution in [0.2, 0.25) is 0 Å². The molecule has 1 saturated carbocycles. The summed E-state index contributed by atoms with van der Waals surface area (Å²) in [6.07, 6.45) is 4.59. The van der Waals surface area contributed by atoms with Crippen molar-refractivity contribution in [1.82, 2.24) is 10.2 Å². The SMILES string of the molecule is CC(C)(C)OC(=O)N[C@@H]1CC[C@@H]2CN(C(=O)c3ccoc3)C[C@H]21. The van der Waals surface area contributed by atoms with Gasteiger partial charge in [-0.15, -0.1) is 0 Å². The van der Waals surface area contributed by atoms with E-state index in [9.17, 15) is 9.59 Å². The molecule has 6 heteroatoms. The Hall–Kier alpha value is -1.98. The number of nitrogens with zero attached hydrogens (tertiary/aromatic N) is 1. The number of hydrogen-bond acceptors (Lipinski definition) is 4. The number of carbonyl (C=O) groups is 2. The van der Waals surface area contributed by atoms with Crippen molar-refractivity contribution < 1.29 is 18.7 Å². The van der Waals surface area contributed by atoms with E-state index in [1.807, 2.05) is 25.7 Å². The van der Waals surface area contributed by atoms with Crippen molar-refractivity contribution in [2.45, 2.75) is 45.3 Å². The molecule has 3 rings (SSSR count). The number of furan rings is 1. The Kier molecular flexibility index (Phi) is 4.08. The Balaban J connectivity index is 1.59. The zero-order valence-electron chi connectivity index (χ0n) is 13.9. The molecule has 1 N–H and O–H groups in total. The normalized spacial score (nSPS) is 26.9. The number of alkyl carbamates (subject to hydrolysis) is 1. The van der Waals surface area contributed by atoms with Crippen molar-refractivity contribution in [3.05, 3.63) is 24.2 Å². The van der Waals surface area contributed by atoms with Crippen LogP contribution in [0, 0.1) is 11.8 Å². The number of fused-ring (bicyclic) bond motifs is 1. The summed E-state index contributed by atoms with van der Waals surface area (Å²) in [5, 5.41) is 2.98. The molecule has 1 saturated heterocycles. The second-order valence-electron chi connectivity index (χ2n) is 7.48. The molecular weight excluding hydrogens is 296 g/mol. The third-order valence-corrected chi connectivity index (χ3v) is 4.61. The molecule has 2 aliphatic rings. The molecule has 6 nitrogen and oxygen atoms in total. The van der Waals surface area contributed by atoms with Crippen molar-refractivity contribution in [2.75, 3.05) is 13.1 Å². The van der Waals surface area contributed by atoms with Crippen LogP contribution in [0.3, 0.4) is 0 Å². The fraction of sp³-hybridized carbons (Fsp3) is 0.647. The van der Waals surface area contributed by atoms with E-state index < -0.39 is 5.60 Å². The number of rotatable bonds is 2. The van der Waals surface area contributed by atoms with Gasteiger partial charge < -0.3 is 19.4 Å². The average Bonchev–Trinajstić information content (AvgIpc) is 3.13. The van der Waals surface area contributed by atoms with E-state index in [1.165, 1.54) is 12.5 Å². The van der Waals surface area contributed by atoms with Gasteiger partial charge in [0, 0.05) is 25.0 Å². The number of likely N-dealkylation sites (tertiary alicyclic amines) is 1. The summed E-state index contributed by atoms with van der Waals surface area (Å²) in [6.45, 7) is 6.98. The summed E-state index contributed by atoms with van der Waals surface area (Å²) in [7, 11) is 0. The van der Waals surface area contributed by atoms with E-state index in [0.29, 0.717) is 23.9 Å². The van der Waals surface area contributed by atoms with Gasteiger partial charge in [-0.1, -0.05) is 0 Å². The second-order valence-corrected chi connectivity index (χ2v) is 7.48. The monoisotopic (exact) mass is 320 g/mol. The van der Waals surface area contributed by atoms with Gasteiger partial charge in [0.05, 0.1) is 11.8 Å². The number of amides is 2. The summed E-state index contributed by atoms with van der Waals surface area (Å²) >= 11 is 0. The fourth-order valence-corrected chi connectivity index (χ4v) is 3.64. The maximum Gasteiger partial charge on any atom is 0.407 e. The number of nitrogens with one attached hydrogen (secondary N) is 1. The topological polar surface area (TPSA) is 71.8 Å². The average molecular weight is 320 g/mol. The quantitative estimate of drug-likeness (QED) is 0.909. The molecule has 2 fully saturated rings. The Morgan fingerprint density at radius 2 is 2.09 bits per heavy atom. The zero-order valence-corrected chi connectivity index (χ0v) is 13.9. The predicted molar refractivity (Wildman–Crippen MR) is 84.0 cm³/mol. The predicted octanol–water partition coefficient (Wildman–Crippen LogP) is 2.65. The van der Waals surface area contributed by atoms with E-state index in [4.69, 9.17) is 9.15 Å². The Labute approximate surface area is 136 Å². The van der Waals surface area contributed by atoms with Crippen molar-refractivity contribution in [2.24, 2.45) is 11.8 Å². The van der Waals surface area contributed by atoms with Crippen LogP contribution in [-0.2, 0) is 4.74 Å². The highest BCUT2D eigenvalue weighted by molar-refractivity contribution is 5.94. The minimum absolute atomic E-state index is 0.00386. The molecule has 1 aromatic heterocycles. The maximum absolute atomic E-state index is 12.4. The van der Waals surface area contributed by atoms with Crippen LogP contribution in [0.5, 0.6) is 0 Å². The molecular formula is C17H24N2O4. The first-order valence-electron chi connectivity index (χ1n) is 8.14. The minimum Gasteiger partial charge on any atom is -0.472 e. The van der Waals surface area contributed by atoms with Crippen LogP contribution in [0.4, 0.5) is 4.79 Å².